The minimum atomic E-state index is 0. The number of halogens is 1. The number of aromatic nitrogens is 2. The molecule has 1 unspecified atom stereocenters. The van der Waals surface area contributed by atoms with Crippen molar-refractivity contribution in [3.05, 3.63) is 18.0 Å². The number of guanidine groups is 1. The van der Waals surface area contributed by atoms with Crippen molar-refractivity contribution in [1.29, 1.82) is 0 Å². The zero-order valence-electron chi connectivity index (χ0n) is 14.1. The van der Waals surface area contributed by atoms with E-state index in [1.807, 2.05) is 24.1 Å². The van der Waals surface area contributed by atoms with Crippen molar-refractivity contribution in [3.8, 4) is 0 Å². The molecule has 6 nitrogen and oxygen atoms in total. The first-order valence-electron chi connectivity index (χ1n) is 8.39. The lowest BCUT2D eigenvalue weighted by atomic mass is 9.86. The Kier molecular flexibility index (Phi) is 7.13. The third-order valence-corrected chi connectivity index (χ3v) is 4.52. The van der Waals surface area contributed by atoms with Crippen LogP contribution < -0.4 is 5.32 Å². The second-order valence-electron chi connectivity index (χ2n) is 6.24. The van der Waals surface area contributed by atoms with Gasteiger partial charge in [-0.3, -0.25) is 9.67 Å². The van der Waals surface area contributed by atoms with Crippen LogP contribution in [0.3, 0.4) is 0 Å². The molecule has 1 saturated carbocycles. The van der Waals surface area contributed by atoms with Gasteiger partial charge in [-0.2, -0.15) is 5.10 Å². The molecule has 1 N–H and O–H groups in total. The van der Waals surface area contributed by atoms with Crippen LogP contribution in [0.2, 0.25) is 0 Å². The minimum Gasteiger partial charge on any atom is -0.370 e. The topological polar surface area (TPSA) is 54.7 Å². The average molecular weight is 433 g/mol. The van der Waals surface area contributed by atoms with Gasteiger partial charge < -0.3 is 15.0 Å². The van der Waals surface area contributed by atoms with Gasteiger partial charge in [0, 0.05) is 38.4 Å². The van der Waals surface area contributed by atoms with Gasteiger partial charge in [0.15, 0.2) is 5.96 Å². The van der Waals surface area contributed by atoms with E-state index in [9.17, 15) is 0 Å². The van der Waals surface area contributed by atoms with E-state index < -0.39 is 0 Å². The molecular weight excluding hydrogens is 405 g/mol. The lowest BCUT2D eigenvalue weighted by Crippen LogP contribution is -2.48. The van der Waals surface area contributed by atoms with Gasteiger partial charge in [-0.1, -0.05) is 6.42 Å². The van der Waals surface area contributed by atoms with E-state index in [4.69, 9.17) is 9.73 Å². The summed E-state index contributed by atoms with van der Waals surface area (Å²) in [6, 6.07) is 0. The molecule has 0 aromatic carbocycles. The summed E-state index contributed by atoms with van der Waals surface area (Å²) in [5, 5.41) is 7.68. The predicted octanol–water partition coefficient (Wildman–Crippen LogP) is 2.18. The first kappa shape index (κ1) is 18.5. The molecule has 0 radical (unpaired) electrons. The number of aryl methyl sites for hydroxylation is 1. The molecular formula is C16H28IN5O. The zero-order chi connectivity index (χ0) is 15.4. The molecule has 1 atom stereocenters. The van der Waals surface area contributed by atoms with Crippen molar-refractivity contribution in [1.82, 2.24) is 20.0 Å². The van der Waals surface area contributed by atoms with E-state index in [1.165, 1.54) is 19.3 Å². The van der Waals surface area contributed by atoms with Crippen molar-refractivity contribution in [2.45, 2.75) is 32.3 Å². The van der Waals surface area contributed by atoms with Crippen molar-refractivity contribution in [3.63, 3.8) is 0 Å². The second-order valence-corrected chi connectivity index (χ2v) is 6.24. The van der Waals surface area contributed by atoms with Gasteiger partial charge in [-0.15, -0.1) is 24.0 Å². The normalized spacial score (nSPS) is 22.4. The number of hydrogen-bond acceptors (Lipinski definition) is 3. The van der Waals surface area contributed by atoms with Crippen molar-refractivity contribution in [2.24, 2.45) is 18.0 Å². The second kappa shape index (κ2) is 8.86. The molecule has 2 heterocycles. The molecule has 0 spiro atoms. The maximum absolute atomic E-state index is 5.92. The molecule has 0 bridgehead atoms. The first-order valence-corrected chi connectivity index (χ1v) is 8.39. The quantitative estimate of drug-likeness (QED) is 0.450. The molecule has 2 aliphatic rings. The Labute approximate surface area is 155 Å². The van der Waals surface area contributed by atoms with Gasteiger partial charge in [0.1, 0.15) is 6.10 Å². The minimum absolute atomic E-state index is 0. The number of ether oxygens (including phenoxy) is 1. The fraction of sp³-hybridized carbons (Fsp3) is 0.750. The Balaban J connectivity index is 0.00000192. The van der Waals surface area contributed by atoms with E-state index in [-0.39, 0.29) is 30.1 Å². The highest BCUT2D eigenvalue weighted by molar-refractivity contribution is 14.0. The number of morpholine rings is 1. The lowest BCUT2D eigenvalue weighted by molar-refractivity contribution is -0.00808. The van der Waals surface area contributed by atoms with Crippen LogP contribution in [0.15, 0.2) is 17.4 Å². The van der Waals surface area contributed by atoms with E-state index in [0.29, 0.717) is 0 Å². The number of nitrogens with zero attached hydrogens (tertiary/aromatic N) is 4. The largest absolute Gasteiger partial charge is 0.370 e. The van der Waals surface area contributed by atoms with Crippen LogP contribution in [-0.2, 0) is 11.8 Å². The Morgan fingerprint density at radius 2 is 2.30 bits per heavy atom. The number of hydrogen-bond donors (Lipinski definition) is 1. The van der Waals surface area contributed by atoms with Crippen LogP contribution in [0.5, 0.6) is 0 Å². The Morgan fingerprint density at radius 1 is 1.48 bits per heavy atom. The summed E-state index contributed by atoms with van der Waals surface area (Å²) in [6.07, 6.45) is 8.06. The maximum atomic E-state index is 5.92. The summed E-state index contributed by atoms with van der Waals surface area (Å²) < 4.78 is 7.74. The Hall–Kier alpha value is -0.830. The van der Waals surface area contributed by atoms with Crippen LogP contribution in [0.25, 0.3) is 0 Å². The third kappa shape index (κ3) is 4.82. The average Bonchev–Trinajstić information content (AvgIpc) is 2.91. The van der Waals surface area contributed by atoms with Gasteiger partial charge in [0.2, 0.25) is 0 Å². The fourth-order valence-corrected chi connectivity index (χ4v) is 2.97. The molecule has 23 heavy (non-hydrogen) atoms. The molecule has 2 fully saturated rings. The first-order chi connectivity index (χ1) is 10.8. The fourth-order valence-electron chi connectivity index (χ4n) is 2.97. The Bertz CT molecular complexity index is 514. The van der Waals surface area contributed by atoms with Crippen molar-refractivity contribution < 1.29 is 4.74 Å². The van der Waals surface area contributed by atoms with Crippen LogP contribution in [0, 0.1) is 5.92 Å². The standard InChI is InChI=1S/C16H27N5O.HI/c1-3-17-16(18-9-13-5-4-6-13)21-7-8-22-15(12-21)14-10-19-20(2)11-14;/h10-11,13,15H,3-9,12H2,1-2H3,(H,17,18);1H. The summed E-state index contributed by atoms with van der Waals surface area (Å²) in [5.74, 6) is 1.83. The molecule has 0 amide bonds. The molecule has 3 rings (SSSR count). The summed E-state index contributed by atoms with van der Waals surface area (Å²) in [5.41, 5.74) is 1.14. The number of aliphatic imine (C=N–C) groups is 1. The summed E-state index contributed by atoms with van der Waals surface area (Å²) in [4.78, 5) is 7.17. The molecule has 1 aromatic heterocycles. The molecule has 7 heteroatoms. The number of rotatable bonds is 4. The highest BCUT2D eigenvalue weighted by Gasteiger charge is 2.25. The smallest absolute Gasteiger partial charge is 0.194 e. The lowest BCUT2D eigenvalue weighted by Gasteiger charge is -2.35. The molecule has 1 aliphatic heterocycles. The van der Waals surface area contributed by atoms with Crippen molar-refractivity contribution in [2.75, 3.05) is 32.8 Å². The van der Waals surface area contributed by atoms with Crippen LogP contribution in [0.1, 0.15) is 37.9 Å². The van der Waals surface area contributed by atoms with E-state index in [0.717, 1.165) is 50.2 Å². The van der Waals surface area contributed by atoms with Gasteiger partial charge in [0.25, 0.3) is 0 Å². The van der Waals surface area contributed by atoms with Gasteiger partial charge in [-0.05, 0) is 25.7 Å². The Morgan fingerprint density at radius 3 is 2.91 bits per heavy atom. The number of nitrogens with one attached hydrogen (secondary N) is 1. The highest BCUT2D eigenvalue weighted by atomic mass is 127. The molecule has 1 saturated heterocycles. The van der Waals surface area contributed by atoms with Crippen molar-refractivity contribution >= 4 is 29.9 Å². The van der Waals surface area contributed by atoms with E-state index in [1.54, 1.807) is 0 Å². The third-order valence-electron chi connectivity index (χ3n) is 4.52. The van der Waals surface area contributed by atoms with Crippen LogP contribution in [-0.4, -0.2) is 53.4 Å². The molecule has 130 valence electrons. The van der Waals surface area contributed by atoms with Crippen LogP contribution in [0.4, 0.5) is 0 Å². The molecule has 1 aromatic rings. The van der Waals surface area contributed by atoms with Gasteiger partial charge in [0.05, 0.1) is 19.3 Å². The van der Waals surface area contributed by atoms with E-state index in [2.05, 4.69) is 22.2 Å². The van der Waals surface area contributed by atoms with E-state index >= 15 is 0 Å². The predicted molar refractivity (Wildman–Crippen MR) is 102 cm³/mol. The van der Waals surface area contributed by atoms with Crippen LogP contribution >= 0.6 is 24.0 Å². The monoisotopic (exact) mass is 433 g/mol. The van der Waals surface area contributed by atoms with Gasteiger partial charge in [-0.25, -0.2) is 0 Å². The summed E-state index contributed by atoms with van der Waals surface area (Å²) in [7, 11) is 1.94. The zero-order valence-corrected chi connectivity index (χ0v) is 16.4. The highest BCUT2D eigenvalue weighted by Crippen LogP contribution is 2.26. The maximum Gasteiger partial charge on any atom is 0.194 e. The summed E-state index contributed by atoms with van der Waals surface area (Å²) >= 11 is 0. The molecule has 1 aliphatic carbocycles. The van der Waals surface area contributed by atoms with Gasteiger partial charge >= 0.3 is 0 Å². The summed E-state index contributed by atoms with van der Waals surface area (Å²) in [6.45, 7) is 6.44. The SMILES string of the molecule is CCNC(=NCC1CCC1)N1CCOC(c2cnn(C)c2)C1.I.